The predicted octanol–water partition coefficient (Wildman–Crippen LogP) is 1.69. The van der Waals surface area contributed by atoms with Crippen LogP contribution in [0.5, 0.6) is 0 Å². The van der Waals surface area contributed by atoms with Crippen LogP contribution in [0.25, 0.3) is 6.08 Å². The standard InChI is InChI=1S/C16H15NO5/c1-9-13(16(21)22-3)12(14(18)17(9)2)8-10-4-6-11(7-5-10)15(19)20/h4-8H,1-3H3,(H,19,20)/b12-8-. The molecule has 22 heavy (non-hydrogen) atoms. The van der Waals surface area contributed by atoms with Gasteiger partial charge in [0.25, 0.3) is 5.91 Å². The zero-order valence-electron chi connectivity index (χ0n) is 12.4. The summed E-state index contributed by atoms with van der Waals surface area (Å²) in [4.78, 5) is 36.3. The molecule has 0 spiro atoms. The van der Waals surface area contributed by atoms with Crippen molar-refractivity contribution < 1.29 is 24.2 Å². The van der Waals surface area contributed by atoms with E-state index in [0.29, 0.717) is 11.3 Å². The van der Waals surface area contributed by atoms with Crippen molar-refractivity contribution in [2.24, 2.45) is 0 Å². The molecule has 6 nitrogen and oxygen atoms in total. The topological polar surface area (TPSA) is 83.9 Å². The van der Waals surface area contributed by atoms with Crippen molar-refractivity contribution in [2.45, 2.75) is 6.92 Å². The van der Waals surface area contributed by atoms with E-state index in [1.807, 2.05) is 0 Å². The van der Waals surface area contributed by atoms with Gasteiger partial charge in [0, 0.05) is 12.7 Å². The summed E-state index contributed by atoms with van der Waals surface area (Å²) in [6, 6.07) is 6.02. The Labute approximate surface area is 127 Å². The van der Waals surface area contributed by atoms with E-state index in [4.69, 9.17) is 9.84 Å². The quantitative estimate of drug-likeness (QED) is 0.678. The fourth-order valence-electron chi connectivity index (χ4n) is 2.18. The van der Waals surface area contributed by atoms with Crippen LogP contribution in [0.4, 0.5) is 0 Å². The highest BCUT2D eigenvalue weighted by atomic mass is 16.5. The molecule has 0 unspecified atom stereocenters. The number of esters is 1. The number of carboxylic acid groups (broad SMARTS) is 1. The average Bonchev–Trinajstić information content (AvgIpc) is 2.71. The molecule has 1 aromatic rings. The molecule has 0 aliphatic carbocycles. The molecule has 114 valence electrons. The Hall–Kier alpha value is -2.89. The number of ether oxygens (including phenoxy) is 1. The molecule has 6 heteroatoms. The molecule has 1 aliphatic heterocycles. The second-order valence-corrected chi connectivity index (χ2v) is 4.80. The molecule has 0 radical (unpaired) electrons. The van der Waals surface area contributed by atoms with Crippen LogP contribution in [0.2, 0.25) is 0 Å². The first-order valence-corrected chi connectivity index (χ1v) is 6.49. The molecule has 1 aromatic carbocycles. The lowest BCUT2D eigenvalue weighted by Crippen LogP contribution is -2.19. The van der Waals surface area contributed by atoms with Gasteiger partial charge in [0.1, 0.15) is 0 Å². The Morgan fingerprint density at radius 1 is 1.23 bits per heavy atom. The second-order valence-electron chi connectivity index (χ2n) is 4.80. The monoisotopic (exact) mass is 301 g/mol. The van der Waals surface area contributed by atoms with Crippen LogP contribution in [0.1, 0.15) is 22.8 Å². The lowest BCUT2D eigenvalue weighted by molar-refractivity contribution is -0.136. The third kappa shape index (κ3) is 2.63. The van der Waals surface area contributed by atoms with Crippen LogP contribution in [0, 0.1) is 0 Å². The van der Waals surface area contributed by atoms with Gasteiger partial charge in [-0.05, 0) is 30.7 Å². The maximum Gasteiger partial charge on any atom is 0.340 e. The van der Waals surface area contributed by atoms with E-state index in [2.05, 4.69) is 0 Å². The number of hydrogen-bond acceptors (Lipinski definition) is 4. The number of rotatable bonds is 3. The van der Waals surface area contributed by atoms with Crippen LogP contribution < -0.4 is 0 Å². The third-order valence-corrected chi connectivity index (χ3v) is 3.53. The van der Waals surface area contributed by atoms with Gasteiger partial charge in [0.15, 0.2) is 0 Å². The van der Waals surface area contributed by atoms with E-state index in [-0.39, 0.29) is 22.6 Å². The largest absolute Gasteiger partial charge is 0.478 e. The zero-order chi connectivity index (χ0) is 16.4. The van der Waals surface area contributed by atoms with Crippen molar-refractivity contribution in [2.75, 3.05) is 14.2 Å². The molecule has 0 bridgehead atoms. The molecule has 0 atom stereocenters. The molecule has 0 saturated carbocycles. The minimum absolute atomic E-state index is 0.150. The smallest absolute Gasteiger partial charge is 0.340 e. The highest BCUT2D eigenvalue weighted by Gasteiger charge is 2.34. The molecule has 0 saturated heterocycles. The summed E-state index contributed by atoms with van der Waals surface area (Å²) >= 11 is 0. The Bertz CT molecular complexity index is 713. The van der Waals surface area contributed by atoms with E-state index in [1.54, 1.807) is 32.2 Å². The Morgan fingerprint density at radius 2 is 1.82 bits per heavy atom. The van der Waals surface area contributed by atoms with Gasteiger partial charge in [0.2, 0.25) is 0 Å². The van der Waals surface area contributed by atoms with Gasteiger partial charge in [-0.15, -0.1) is 0 Å². The first-order valence-electron chi connectivity index (χ1n) is 6.49. The number of hydrogen-bond donors (Lipinski definition) is 1. The van der Waals surface area contributed by atoms with E-state index < -0.39 is 11.9 Å². The minimum Gasteiger partial charge on any atom is -0.478 e. The molecular weight excluding hydrogens is 286 g/mol. The van der Waals surface area contributed by atoms with Crippen molar-refractivity contribution in [3.63, 3.8) is 0 Å². The van der Waals surface area contributed by atoms with E-state index in [9.17, 15) is 14.4 Å². The highest BCUT2D eigenvalue weighted by Crippen LogP contribution is 2.30. The summed E-state index contributed by atoms with van der Waals surface area (Å²) in [6.07, 6.45) is 1.55. The molecule has 0 aromatic heterocycles. The lowest BCUT2D eigenvalue weighted by Gasteiger charge is -2.08. The number of benzene rings is 1. The number of carboxylic acids is 1. The van der Waals surface area contributed by atoms with E-state index >= 15 is 0 Å². The Kier molecular flexibility index (Phi) is 4.12. The van der Waals surface area contributed by atoms with Gasteiger partial charge in [0.05, 0.1) is 23.8 Å². The van der Waals surface area contributed by atoms with Gasteiger partial charge < -0.3 is 14.7 Å². The summed E-state index contributed by atoms with van der Waals surface area (Å²) in [7, 11) is 2.83. The van der Waals surface area contributed by atoms with Gasteiger partial charge in [-0.25, -0.2) is 9.59 Å². The van der Waals surface area contributed by atoms with Gasteiger partial charge in [-0.3, -0.25) is 4.79 Å². The maximum absolute atomic E-state index is 12.2. The van der Waals surface area contributed by atoms with Crippen molar-refractivity contribution in [3.05, 3.63) is 52.2 Å². The zero-order valence-corrected chi connectivity index (χ0v) is 12.4. The van der Waals surface area contributed by atoms with Crippen molar-refractivity contribution in [1.29, 1.82) is 0 Å². The molecule has 1 heterocycles. The molecule has 1 aliphatic rings. The van der Waals surface area contributed by atoms with E-state index in [0.717, 1.165) is 0 Å². The van der Waals surface area contributed by atoms with Gasteiger partial charge >= 0.3 is 11.9 Å². The predicted molar refractivity (Wildman–Crippen MR) is 78.9 cm³/mol. The first-order chi connectivity index (χ1) is 10.4. The van der Waals surface area contributed by atoms with Crippen LogP contribution in [0.3, 0.4) is 0 Å². The van der Waals surface area contributed by atoms with Crippen molar-refractivity contribution in [3.8, 4) is 0 Å². The van der Waals surface area contributed by atoms with Crippen molar-refractivity contribution >= 4 is 23.9 Å². The number of likely N-dealkylation sites (N-methyl/N-ethyl adjacent to an activating group) is 1. The Balaban J connectivity index is 2.46. The SMILES string of the molecule is COC(=O)C1=C(C)N(C)C(=O)/C1=C\c1ccc(C(=O)O)cc1. The van der Waals surface area contributed by atoms with Crippen LogP contribution in [0.15, 0.2) is 41.1 Å². The summed E-state index contributed by atoms with van der Waals surface area (Å²) in [6.45, 7) is 1.67. The van der Waals surface area contributed by atoms with Crippen LogP contribution >= 0.6 is 0 Å². The number of methoxy groups -OCH3 is 1. The van der Waals surface area contributed by atoms with Gasteiger partial charge in [-0.2, -0.15) is 0 Å². The third-order valence-electron chi connectivity index (χ3n) is 3.53. The first kappa shape index (κ1) is 15.5. The number of nitrogens with zero attached hydrogens (tertiary/aromatic N) is 1. The Morgan fingerprint density at radius 3 is 2.32 bits per heavy atom. The highest BCUT2D eigenvalue weighted by molar-refractivity contribution is 6.16. The molecular formula is C16H15NO5. The fourth-order valence-corrected chi connectivity index (χ4v) is 2.18. The molecule has 2 rings (SSSR count). The van der Waals surface area contributed by atoms with E-state index in [1.165, 1.54) is 24.1 Å². The second kappa shape index (κ2) is 5.85. The summed E-state index contributed by atoms with van der Waals surface area (Å²) in [5, 5.41) is 8.87. The molecule has 1 N–H and O–H groups in total. The average molecular weight is 301 g/mol. The summed E-state index contributed by atoms with van der Waals surface area (Å²) in [5.41, 5.74) is 1.74. The normalized spacial score (nSPS) is 16.4. The molecule has 1 amide bonds. The molecule has 0 fully saturated rings. The number of carbonyl (C=O) groups excluding carboxylic acids is 2. The fraction of sp³-hybridized carbons (Fsp3) is 0.188. The van der Waals surface area contributed by atoms with Crippen LogP contribution in [-0.2, 0) is 14.3 Å². The number of allylic oxidation sites excluding steroid dienone is 1. The lowest BCUT2D eigenvalue weighted by atomic mass is 10.0. The number of aromatic carboxylic acids is 1. The van der Waals surface area contributed by atoms with Crippen LogP contribution in [-0.4, -0.2) is 42.0 Å². The summed E-state index contributed by atoms with van der Waals surface area (Å²) < 4.78 is 4.73. The van der Waals surface area contributed by atoms with Crippen molar-refractivity contribution in [1.82, 2.24) is 4.90 Å². The minimum atomic E-state index is -1.03. The summed E-state index contributed by atoms with van der Waals surface area (Å²) in [5.74, 6) is -1.91. The number of carbonyl (C=O) groups is 3. The number of amides is 1. The van der Waals surface area contributed by atoms with Gasteiger partial charge in [-0.1, -0.05) is 12.1 Å². The maximum atomic E-state index is 12.2.